The van der Waals surface area contributed by atoms with Crippen molar-refractivity contribution in [1.82, 2.24) is 10.3 Å². The summed E-state index contributed by atoms with van der Waals surface area (Å²) in [4.78, 5) is 15.2. The molecular weight excluding hydrogens is 593 g/mol. The number of aromatic nitrogens is 3. The van der Waals surface area contributed by atoms with Crippen LogP contribution in [0, 0.1) is 0 Å². The van der Waals surface area contributed by atoms with Crippen LogP contribution in [0.3, 0.4) is 0 Å². The van der Waals surface area contributed by atoms with Crippen molar-refractivity contribution >= 4 is 19.2 Å². The van der Waals surface area contributed by atoms with Crippen LogP contribution in [0.5, 0.6) is 11.8 Å². The highest BCUT2D eigenvalue weighted by Gasteiger charge is 2.20. The number of thiazole rings is 1. The molecule has 2 atom stereocenters. The zero-order valence-electron chi connectivity index (χ0n) is 25.4. The van der Waals surface area contributed by atoms with E-state index in [1.54, 1.807) is 12.3 Å². The second-order valence-corrected chi connectivity index (χ2v) is 13.1. The number of hydrogen-bond donors (Lipinski definition) is 0. The molecule has 13 heteroatoms. The van der Waals surface area contributed by atoms with E-state index < -0.39 is 13.9 Å². The van der Waals surface area contributed by atoms with Crippen molar-refractivity contribution in [2.75, 3.05) is 19.8 Å². The number of H-pyrrole nitrogens is 1. The molecule has 0 fully saturated rings. The SMILES string of the molecule is CCCCCCCCCCCCCCCCc1cc(OCC(COP(=O)([O-])OCCc2[nH+]ccs2)Oc2ccon2)no1. The van der Waals surface area contributed by atoms with E-state index in [1.165, 1.54) is 101 Å². The van der Waals surface area contributed by atoms with E-state index in [4.69, 9.17) is 27.6 Å². The number of nitrogens with zero attached hydrogens (tertiary/aromatic N) is 2. The summed E-state index contributed by atoms with van der Waals surface area (Å²) in [6.45, 7) is 1.83. The minimum Gasteiger partial charge on any atom is -0.756 e. The van der Waals surface area contributed by atoms with Crippen molar-refractivity contribution < 1.29 is 42.0 Å². The van der Waals surface area contributed by atoms with Gasteiger partial charge in [-0.1, -0.05) is 102 Å². The number of unbranched alkanes of at least 4 members (excludes halogenated alkanes) is 13. The van der Waals surface area contributed by atoms with Gasteiger partial charge in [-0.3, -0.25) is 4.57 Å². The third kappa shape index (κ3) is 16.4. The summed E-state index contributed by atoms with van der Waals surface area (Å²) in [6.07, 6.45) is 21.9. The Hall–Kier alpha value is -2.24. The molecule has 3 rings (SSSR count). The van der Waals surface area contributed by atoms with Crippen LogP contribution >= 0.6 is 19.2 Å². The Bertz CT molecular complexity index is 1110. The average Bonchev–Trinajstić information content (AvgIpc) is 3.79. The van der Waals surface area contributed by atoms with Crippen molar-refractivity contribution in [1.29, 1.82) is 0 Å². The minimum absolute atomic E-state index is 0.0376. The van der Waals surface area contributed by atoms with Crippen molar-refractivity contribution in [2.24, 2.45) is 0 Å². The number of aromatic amines is 1. The fourth-order valence-electron chi connectivity index (χ4n) is 4.57. The number of phosphoric acid groups is 1. The molecule has 0 aromatic carbocycles. The van der Waals surface area contributed by atoms with Gasteiger partial charge in [0.1, 0.15) is 18.6 Å². The first-order chi connectivity index (χ1) is 21.0. The lowest BCUT2D eigenvalue weighted by Gasteiger charge is -2.25. The van der Waals surface area contributed by atoms with E-state index in [2.05, 4.69) is 22.2 Å². The summed E-state index contributed by atoms with van der Waals surface area (Å²) in [5.74, 6) is 1.22. The molecule has 0 aliphatic carbocycles. The summed E-state index contributed by atoms with van der Waals surface area (Å²) in [5.41, 5.74) is 0. The molecule has 2 unspecified atom stereocenters. The number of hydrogen-bond acceptors (Lipinski definition) is 11. The Morgan fingerprint density at radius 3 is 2.23 bits per heavy atom. The first-order valence-electron chi connectivity index (χ1n) is 15.7. The molecule has 3 heterocycles. The number of ether oxygens (including phenoxy) is 2. The van der Waals surface area contributed by atoms with Crippen molar-refractivity contribution in [3.8, 4) is 11.8 Å². The molecule has 0 saturated carbocycles. The summed E-state index contributed by atoms with van der Waals surface area (Å²) in [5, 5.41) is 10.4. The van der Waals surface area contributed by atoms with Gasteiger partial charge in [0.25, 0.3) is 19.6 Å². The highest BCUT2D eigenvalue weighted by Crippen LogP contribution is 2.38. The highest BCUT2D eigenvalue weighted by atomic mass is 32.1. The van der Waals surface area contributed by atoms with Crippen LogP contribution in [0.2, 0.25) is 0 Å². The van der Waals surface area contributed by atoms with Crippen molar-refractivity contribution in [3.63, 3.8) is 0 Å². The van der Waals surface area contributed by atoms with E-state index in [1.807, 2.05) is 5.38 Å². The molecule has 3 aromatic rings. The van der Waals surface area contributed by atoms with Gasteiger partial charge >= 0.3 is 0 Å². The van der Waals surface area contributed by atoms with E-state index >= 15 is 0 Å². The Morgan fingerprint density at radius 2 is 1.60 bits per heavy atom. The van der Waals surface area contributed by atoms with Gasteiger partial charge < -0.3 is 32.5 Å². The van der Waals surface area contributed by atoms with E-state index in [-0.39, 0.29) is 25.7 Å². The predicted octanol–water partition coefficient (Wildman–Crippen LogP) is 7.13. The molecule has 43 heavy (non-hydrogen) atoms. The van der Waals surface area contributed by atoms with Crippen molar-refractivity contribution in [2.45, 2.75) is 116 Å². The summed E-state index contributed by atoms with van der Waals surface area (Å²) < 4.78 is 43.8. The highest BCUT2D eigenvalue weighted by molar-refractivity contribution is 7.45. The molecule has 1 N–H and O–H groups in total. The summed E-state index contributed by atoms with van der Waals surface area (Å²) in [6, 6.07) is 3.25. The Morgan fingerprint density at radius 1 is 0.907 bits per heavy atom. The first-order valence-corrected chi connectivity index (χ1v) is 18.1. The van der Waals surface area contributed by atoms with Gasteiger partial charge in [-0.25, -0.2) is 4.98 Å². The van der Waals surface area contributed by atoms with E-state index in [9.17, 15) is 9.46 Å². The second-order valence-electron chi connectivity index (χ2n) is 10.7. The minimum atomic E-state index is -4.55. The summed E-state index contributed by atoms with van der Waals surface area (Å²) in [7, 11) is -4.55. The maximum atomic E-state index is 12.2. The van der Waals surface area contributed by atoms with Gasteiger partial charge in [0.05, 0.1) is 25.0 Å². The molecule has 0 aliphatic heterocycles. The van der Waals surface area contributed by atoms with E-state index in [0.29, 0.717) is 12.3 Å². The standard InChI is InChI=1S/C30H48N3O8PS/c1-2-3-4-5-6-7-8-9-10-11-12-13-14-15-16-26-23-29(33-41-26)36-24-27(40-28-17-20-37-32-28)25-39-42(34,35)38-21-18-30-31-19-22-43-30/h17,19-20,22-23,27H,2-16,18,21,24-25H2,1H3,(H,34,35). The van der Waals surface area contributed by atoms with Gasteiger partial charge in [0.15, 0.2) is 12.3 Å². The monoisotopic (exact) mass is 641 g/mol. The Kier molecular flexibility index (Phi) is 17.6. The third-order valence-electron chi connectivity index (χ3n) is 6.95. The lowest BCUT2D eigenvalue weighted by molar-refractivity contribution is -0.382. The molecule has 11 nitrogen and oxygen atoms in total. The Labute approximate surface area is 259 Å². The van der Waals surface area contributed by atoms with Crippen LogP contribution in [0.15, 0.2) is 39.0 Å². The molecular formula is C30H48N3O8PS. The van der Waals surface area contributed by atoms with Gasteiger partial charge in [0.2, 0.25) is 5.01 Å². The quantitative estimate of drug-likeness (QED) is 0.0623. The molecule has 3 aromatic heterocycles. The number of phosphoric ester groups is 1. The van der Waals surface area contributed by atoms with Gasteiger partial charge in [-0.2, -0.15) is 0 Å². The largest absolute Gasteiger partial charge is 0.756 e. The number of rotatable bonds is 27. The van der Waals surface area contributed by atoms with Crippen LogP contribution in [0.25, 0.3) is 0 Å². The molecule has 0 aliphatic rings. The molecule has 0 saturated heterocycles. The van der Waals surface area contributed by atoms with Crippen LogP contribution in [-0.2, 0) is 26.5 Å². The fraction of sp³-hybridized carbons (Fsp3) is 0.700. The van der Waals surface area contributed by atoms with Crippen LogP contribution in [0.1, 0.15) is 108 Å². The van der Waals surface area contributed by atoms with Gasteiger partial charge in [-0.15, -0.1) is 0 Å². The molecule has 0 spiro atoms. The van der Waals surface area contributed by atoms with Crippen LogP contribution in [-0.4, -0.2) is 36.2 Å². The smallest absolute Gasteiger partial charge is 0.268 e. The molecule has 242 valence electrons. The maximum absolute atomic E-state index is 12.2. The topological polar surface area (TPSA) is 143 Å². The van der Waals surface area contributed by atoms with Crippen molar-refractivity contribution in [3.05, 3.63) is 40.7 Å². The van der Waals surface area contributed by atoms with E-state index in [0.717, 1.165) is 30.0 Å². The van der Waals surface area contributed by atoms with Gasteiger partial charge in [-0.05, 0) is 16.7 Å². The number of nitrogens with one attached hydrogen (secondary N) is 1. The summed E-state index contributed by atoms with van der Waals surface area (Å²) >= 11 is 1.48. The Balaban J connectivity index is 1.27. The number of aryl methyl sites for hydroxylation is 1. The van der Waals surface area contributed by atoms with Crippen LogP contribution < -0.4 is 19.4 Å². The lowest BCUT2D eigenvalue weighted by atomic mass is 10.0. The van der Waals surface area contributed by atoms with Crippen LogP contribution in [0.4, 0.5) is 0 Å². The first kappa shape index (κ1) is 35.2. The third-order valence-corrected chi connectivity index (χ3v) is 8.80. The molecule has 0 amide bonds. The molecule has 0 radical (unpaired) electrons. The normalized spacial score (nSPS) is 13.6. The fourth-order valence-corrected chi connectivity index (χ4v) is 5.95. The van der Waals surface area contributed by atoms with Gasteiger partial charge in [0, 0.05) is 18.6 Å². The zero-order valence-corrected chi connectivity index (χ0v) is 27.1. The average molecular weight is 642 g/mol. The zero-order chi connectivity index (χ0) is 30.4. The molecule has 0 bridgehead atoms. The predicted molar refractivity (Wildman–Crippen MR) is 161 cm³/mol. The maximum Gasteiger partial charge on any atom is 0.268 e. The lowest BCUT2D eigenvalue weighted by Crippen LogP contribution is -2.31. The second kappa shape index (κ2) is 21.5.